The summed E-state index contributed by atoms with van der Waals surface area (Å²) < 4.78 is 43.6. The third-order valence-electron chi connectivity index (χ3n) is 5.41. The van der Waals surface area contributed by atoms with E-state index < -0.39 is 17.8 Å². The second-order valence-electron chi connectivity index (χ2n) is 8.31. The first-order chi connectivity index (χ1) is 15.1. The van der Waals surface area contributed by atoms with Crippen LogP contribution in [0.3, 0.4) is 0 Å². The molecule has 0 radical (unpaired) electrons. The predicted molar refractivity (Wildman–Crippen MR) is 111 cm³/mol. The van der Waals surface area contributed by atoms with Gasteiger partial charge in [0.25, 0.3) is 0 Å². The van der Waals surface area contributed by atoms with Gasteiger partial charge in [0.2, 0.25) is 5.91 Å². The summed E-state index contributed by atoms with van der Waals surface area (Å²) in [4.78, 5) is 26.1. The summed E-state index contributed by atoms with van der Waals surface area (Å²) in [5.41, 5.74) is 0.446. The first-order valence-corrected chi connectivity index (χ1v) is 10.1. The Hall–Kier alpha value is -3.43. The standard InChI is InChI=1S/C22H22F3N5O2/c1-13(2)10-30-17-9-8-16(19(22(23,24)25)20(17)26-27-30)15-6-4-14(5-7-15)11-29-12-18(31)28(3)21(29)32/h4-9,13H,10-12H2,1-3H3. The van der Waals surface area contributed by atoms with Crippen LogP contribution in [0.4, 0.5) is 18.0 Å². The molecule has 32 heavy (non-hydrogen) atoms. The highest BCUT2D eigenvalue weighted by Gasteiger charge is 2.38. The van der Waals surface area contributed by atoms with Crippen LogP contribution in [0.2, 0.25) is 0 Å². The topological polar surface area (TPSA) is 71.3 Å². The van der Waals surface area contributed by atoms with Gasteiger partial charge in [-0.2, -0.15) is 13.2 Å². The molecule has 2 heterocycles. The van der Waals surface area contributed by atoms with Crippen LogP contribution in [0.25, 0.3) is 22.2 Å². The van der Waals surface area contributed by atoms with Gasteiger partial charge in [0.05, 0.1) is 11.1 Å². The summed E-state index contributed by atoms with van der Waals surface area (Å²) in [5, 5.41) is 7.78. The molecule has 0 saturated carbocycles. The molecule has 168 valence electrons. The average Bonchev–Trinajstić information content (AvgIpc) is 3.23. The maximum atomic E-state index is 14.0. The summed E-state index contributed by atoms with van der Waals surface area (Å²) in [5.74, 6) is -0.0840. The van der Waals surface area contributed by atoms with Crippen molar-refractivity contribution in [3.8, 4) is 11.1 Å². The van der Waals surface area contributed by atoms with Crippen LogP contribution in [0, 0.1) is 5.92 Å². The second kappa shape index (κ2) is 7.92. The van der Waals surface area contributed by atoms with Crippen molar-refractivity contribution in [2.75, 3.05) is 13.6 Å². The highest BCUT2D eigenvalue weighted by atomic mass is 19.4. The Bertz CT molecular complexity index is 1180. The molecule has 1 saturated heterocycles. The molecule has 3 amide bonds. The first-order valence-electron chi connectivity index (χ1n) is 10.1. The summed E-state index contributed by atoms with van der Waals surface area (Å²) in [6.45, 7) is 4.56. The van der Waals surface area contributed by atoms with E-state index in [1.54, 1.807) is 30.3 Å². The fourth-order valence-electron chi connectivity index (χ4n) is 3.83. The maximum Gasteiger partial charge on any atom is 0.419 e. The highest BCUT2D eigenvalue weighted by molar-refractivity contribution is 6.01. The molecule has 0 bridgehead atoms. The number of hydrogen-bond acceptors (Lipinski definition) is 4. The lowest BCUT2D eigenvalue weighted by Crippen LogP contribution is -2.29. The number of urea groups is 1. The lowest BCUT2D eigenvalue weighted by atomic mass is 9.97. The molecule has 0 atom stereocenters. The Morgan fingerprint density at radius 1 is 1.06 bits per heavy atom. The highest BCUT2D eigenvalue weighted by Crippen LogP contribution is 2.41. The fourth-order valence-corrected chi connectivity index (χ4v) is 3.83. The van der Waals surface area contributed by atoms with Crippen molar-refractivity contribution in [1.29, 1.82) is 0 Å². The Morgan fingerprint density at radius 2 is 1.75 bits per heavy atom. The van der Waals surface area contributed by atoms with E-state index in [4.69, 9.17) is 0 Å². The van der Waals surface area contributed by atoms with Gasteiger partial charge in [-0.15, -0.1) is 5.10 Å². The lowest BCUT2D eigenvalue weighted by molar-refractivity contribution is -0.136. The number of carbonyl (C=O) groups is 2. The van der Waals surface area contributed by atoms with E-state index in [9.17, 15) is 22.8 Å². The minimum absolute atomic E-state index is 0.0142. The molecular formula is C22H22F3N5O2. The van der Waals surface area contributed by atoms with E-state index in [0.29, 0.717) is 23.2 Å². The molecular weight excluding hydrogens is 423 g/mol. The minimum Gasteiger partial charge on any atom is -0.311 e. The van der Waals surface area contributed by atoms with Crippen molar-refractivity contribution in [3.63, 3.8) is 0 Å². The first kappa shape index (κ1) is 21.8. The molecule has 0 spiro atoms. The summed E-state index contributed by atoms with van der Waals surface area (Å²) in [6, 6.07) is 9.13. The average molecular weight is 445 g/mol. The van der Waals surface area contributed by atoms with Crippen LogP contribution < -0.4 is 0 Å². The Kier molecular flexibility index (Phi) is 5.39. The van der Waals surface area contributed by atoms with Crippen molar-refractivity contribution in [2.45, 2.75) is 33.1 Å². The van der Waals surface area contributed by atoms with Crippen LogP contribution in [0.15, 0.2) is 36.4 Å². The maximum absolute atomic E-state index is 14.0. The van der Waals surface area contributed by atoms with Gasteiger partial charge in [-0.25, -0.2) is 9.48 Å². The summed E-state index contributed by atoms with van der Waals surface area (Å²) >= 11 is 0. The van der Waals surface area contributed by atoms with Gasteiger partial charge < -0.3 is 4.90 Å². The zero-order valence-corrected chi connectivity index (χ0v) is 17.8. The fraction of sp³-hybridized carbons (Fsp3) is 0.364. The van der Waals surface area contributed by atoms with Gasteiger partial charge in [0, 0.05) is 20.1 Å². The lowest BCUT2D eigenvalue weighted by Gasteiger charge is -2.16. The number of nitrogens with zero attached hydrogens (tertiary/aromatic N) is 5. The van der Waals surface area contributed by atoms with Crippen LogP contribution in [0.1, 0.15) is 25.0 Å². The normalized spacial score (nSPS) is 15.0. The smallest absolute Gasteiger partial charge is 0.311 e. The van der Waals surface area contributed by atoms with E-state index in [2.05, 4.69) is 10.3 Å². The quantitative estimate of drug-likeness (QED) is 0.553. The number of aromatic nitrogens is 3. The van der Waals surface area contributed by atoms with Crippen LogP contribution in [-0.4, -0.2) is 50.3 Å². The molecule has 1 aromatic heterocycles. The number of benzene rings is 2. The van der Waals surface area contributed by atoms with Crippen molar-refractivity contribution < 1.29 is 22.8 Å². The van der Waals surface area contributed by atoms with Crippen molar-refractivity contribution >= 4 is 23.0 Å². The van der Waals surface area contributed by atoms with E-state index in [1.165, 1.54) is 22.7 Å². The number of halogens is 3. The van der Waals surface area contributed by atoms with Gasteiger partial charge in [-0.1, -0.05) is 49.4 Å². The second-order valence-corrected chi connectivity index (χ2v) is 8.31. The monoisotopic (exact) mass is 445 g/mol. The molecule has 1 fully saturated rings. The predicted octanol–water partition coefficient (Wildman–Crippen LogP) is 4.17. The number of hydrogen-bond donors (Lipinski definition) is 0. The number of rotatable bonds is 5. The number of alkyl halides is 3. The number of amides is 3. The molecule has 0 unspecified atom stereocenters. The summed E-state index contributed by atoms with van der Waals surface area (Å²) in [6.07, 6.45) is -4.61. The van der Waals surface area contributed by atoms with Gasteiger partial charge in [-0.05, 0) is 28.7 Å². The molecule has 0 N–H and O–H groups in total. The molecule has 1 aliphatic heterocycles. The molecule has 7 nitrogen and oxygen atoms in total. The van der Waals surface area contributed by atoms with Crippen molar-refractivity contribution in [1.82, 2.24) is 24.8 Å². The zero-order chi connectivity index (χ0) is 23.2. The van der Waals surface area contributed by atoms with Crippen LogP contribution in [-0.2, 0) is 24.1 Å². The van der Waals surface area contributed by atoms with E-state index in [-0.39, 0.29) is 36.0 Å². The number of likely N-dealkylation sites (N-methyl/N-ethyl adjacent to an activating group) is 1. The van der Waals surface area contributed by atoms with Gasteiger partial charge in [0.15, 0.2) is 0 Å². The van der Waals surface area contributed by atoms with E-state index in [0.717, 1.165) is 4.90 Å². The Balaban J connectivity index is 1.69. The van der Waals surface area contributed by atoms with E-state index in [1.807, 2.05) is 13.8 Å². The molecule has 10 heteroatoms. The summed E-state index contributed by atoms with van der Waals surface area (Å²) in [7, 11) is 1.42. The minimum atomic E-state index is -4.61. The largest absolute Gasteiger partial charge is 0.419 e. The number of fused-ring (bicyclic) bond motifs is 1. The van der Waals surface area contributed by atoms with Crippen molar-refractivity contribution in [3.05, 3.63) is 47.5 Å². The molecule has 1 aliphatic rings. The molecule has 0 aliphatic carbocycles. The number of imide groups is 1. The SMILES string of the molecule is CC(C)Cn1nnc2c(C(F)(F)F)c(-c3ccc(CN4CC(=O)N(C)C4=O)cc3)ccc21. The Labute approximate surface area is 182 Å². The molecule has 4 rings (SSSR count). The van der Waals surface area contributed by atoms with Crippen LogP contribution in [0.5, 0.6) is 0 Å². The third-order valence-corrected chi connectivity index (χ3v) is 5.41. The van der Waals surface area contributed by atoms with E-state index >= 15 is 0 Å². The molecule has 2 aromatic carbocycles. The number of carbonyl (C=O) groups excluding carboxylic acids is 2. The Morgan fingerprint density at radius 3 is 2.31 bits per heavy atom. The van der Waals surface area contributed by atoms with Crippen molar-refractivity contribution in [2.24, 2.45) is 5.92 Å². The van der Waals surface area contributed by atoms with Crippen LogP contribution >= 0.6 is 0 Å². The zero-order valence-electron chi connectivity index (χ0n) is 17.8. The van der Waals surface area contributed by atoms with Gasteiger partial charge in [-0.3, -0.25) is 9.69 Å². The molecule has 3 aromatic rings. The van der Waals surface area contributed by atoms with Gasteiger partial charge >= 0.3 is 12.2 Å². The third kappa shape index (κ3) is 3.92. The van der Waals surface area contributed by atoms with Gasteiger partial charge in [0.1, 0.15) is 12.1 Å².